The maximum absolute atomic E-state index is 5.00. The molecule has 1 heterocycles. The minimum absolute atomic E-state index is 0.590. The molecule has 1 nitrogen and oxygen atoms in total. The molecule has 2 aromatic rings. The van der Waals surface area contributed by atoms with Gasteiger partial charge in [0.15, 0.2) is 0 Å². The maximum atomic E-state index is 5.00. The quantitative estimate of drug-likeness (QED) is 0.726. The van der Waals surface area contributed by atoms with Gasteiger partial charge in [0, 0.05) is 5.56 Å². The third-order valence-corrected chi connectivity index (χ3v) is 2.61. The first-order valence-electron chi connectivity index (χ1n) is 5.56. The summed E-state index contributed by atoms with van der Waals surface area (Å²) in [5, 5.41) is 0. The van der Waals surface area contributed by atoms with Gasteiger partial charge in [0.1, 0.15) is 0 Å². The minimum Gasteiger partial charge on any atom is -0.472 e. The fourth-order valence-corrected chi connectivity index (χ4v) is 1.55. The second-order valence-electron chi connectivity index (χ2n) is 4.21. The molecule has 2 rings (SSSR count). The molecule has 16 heavy (non-hydrogen) atoms. The fraction of sp³-hybridized carbons (Fsp3) is 0.200. The smallest absolute Gasteiger partial charge is 0.0974 e. The zero-order chi connectivity index (χ0) is 11.4. The second-order valence-corrected chi connectivity index (χ2v) is 4.21. The third kappa shape index (κ3) is 2.63. The van der Waals surface area contributed by atoms with Gasteiger partial charge in [-0.25, -0.2) is 0 Å². The molecule has 0 aliphatic heterocycles. The second kappa shape index (κ2) is 4.84. The van der Waals surface area contributed by atoms with Crippen LogP contribution in [-0.4, -0.2) is 0 Å². The standard InChI is InChI=1S/C15H16O/c1-12(2)15-7-5-13(6-8-15)3-4-14-9-10-16-11-14/h3-12H,1-2H3/b4-3+. The van der Waals surface area contributed by atoms with Crippen LogP contribution in [0.2, 0.25) is 0 Å². The lowest BCUT2D eigenvalue weighted by molar-refractivity contribution is 0.567. The highest BCUT2D eigenvalue weighted by atomic mass is 16.3. The van der Waals surface area contributed by atoms with Crippen molar-refractivity contribution in [3.05, 3.63) is 59.5 Å². The Balaban J connectivity index is 2.11. The number of rotatable bonds is 3. The van der Waals surface area contributed by atoms with E-state index in [0.29, 0.717) is 5.92 Å². The molecular formula is C15H16O. The molecule has 1 heteroatoms. The largest absolute Gasteiger partial charge is 0.472 e. The number of hydrogen-bond acceptors (Lipinski definition) is 1. The molecule has 0 aliphatic carbocycles. The van der Waals surface area contributed by atoms with Crippen LogP contribution >= 0.6 is 0 Å². The van der Waals surface area contributed by atoms with E-state index in [0.717, 1.165) is 5.56 Å². The molecule has 0 saturated heterocycles. The first-order chi connectivity index (χ1) is 7.75. The Morgan fingerprint density at radius 1 is 0.938 bits per heavy atom. The summed E-state index contributed by atoms with van der Waals surface area (Å²) < 4.78 is 5.00. The Labute approximate surface area is 96.4 Å². The van der Waals surface area contributed by atoms with Crippen LogP contribution in [-0.2, 0) is 0 Å². The van der Waals surface area contributed by atoms with Crippen LogP contribution in [0, 0.1) is 0 Å². The van der Waals surface area contributed by atoms with Gasteiger partial charge in [0.25, 0.3) is 0 Å². The molecule has 0 radical (unpaired) electrons. The van der Waals surface area contributed by atoms with Crippen molar-refractivity contribution >= 4 is 12.2 Å². The van der Waals surface area contributed by atoms with E-state index in [2.05, 4.69) is 44.2 Å². The van der Waals surface area contributed by atoms with E-state index < -0.39 is 0 Å². The van der Waals surface area contributed by atoms with Crippen molar-refractivity contribution in [2.75, 3.05) is 0 Å². The topological polar surface area (TPSA) is 13.1 Å². The molecule has 82 valence electrons. The number of hydrogen-bond donors (Lipinski definition) is 0. The Morgan fingerprint density at radius 3 is 2.19 bits per heavy atom. The Morgan fingerprint density at radius 2 is 1.62 bits per heavy atom. The fourth-order valence-electron chi connectivity index (χ4n) is 1.55. The van der Waals surface area contributed by atoms with Gasteiger partial charge in [-0.1, -0.05) is 50.3 Å². The molecule has 0 bridgehead atoms. The summed E-state index contributed by atoms with van der Waals surface area (Å²) in [5.41, 5.74) is 3.68. The van der Waals surface area contributed by atoms with E-state index in [4.69, 9.17) is 4.42 Å². The van der Waals surface area contributed by atoms with E-state index in [-0.39, 0.29) is 0 Å². The molecule has 0 fully saturated rings. The first kappa shape index (κ1) is 10.7. The van der Waals surface area contributed by atoms with Crippen molar-refractivity contribution < 1.29 is 4.42 Å². The predicted molar refractivity (Wildman–Crippen MR) is 68.2 cm³/mol. The van der Waals surface area contributed by atoms with E-state index in [1.54, 1.807) is 12.5 Å². The van der Waals surface area contributed by atoms with Gasteiger partial charge in [-0.3, -0.25) is 0 Å². The third-order valence-electron chi connectivity index (χ3n) is 2.61. The van der Waals surface area contributed by atoms with Crippen LogP contribution in [0.5, 0.6) is 0 Å². The lowest BCUT2D eigenvalue weighted by Gasteiger charge is -2.04. The van der Waals surface area contributed by atoms with Crippen molar-refractivity contribution in [3.8, 4) is 0 Å². The highest BCUT2D eigenvalue weighted by molar-refractivity contribution is 5.69. The summed E-state index contributed by atoms with van der Waals surface area (Å²) in [7, 11) is 0. The molecule has 0 amide bonds. The first-order valence-corrected chi connectivity index (χ1v) is 5.56. The van der Waals surface area contributed by atoms with Gasteiger partial charge >= 0.3 is 0 Å². The predicted octanol–water partition coefficient (Wildman–Crippen LogP) is 4.57. The van der Waals surface area contributed by atoms with Crippen LogP contribution < -0.4 is 0 Å². The average molecular weight is 212 g/mol. The highest BCUT2D eigenvalue weighted by Gasteiger charge is 1.97. The molecule has 0 unspecified atom stereocenters. The van der Waals surface area contributed by atoms with Crippen molar-refractivity contribution in [2.45, 2.75) is 19.8 Å². The highest BCUT2D eigenvalue weighted by Crippen LogP contribution is 2.16. The van der Waals surface area contributed by atoms with Gasteiger partial charge < -0.3 is 4.42 Å². The van der Waals surface area contributed by atoms with E-state index in [9.17, 15) is 0 Å². The zero-order valence-electron chi connectivity index (χ0n) is 9.68. The summed E-state index contributed by atoms with van der Waals surface area (Å²) in [6, 6.07) is 10.6. The normalized spacial score (nSPS) is 11.4. The molecule has 0 spiro atoms. The molecule has 0 aliphatic rings. The molecule has 0 N–H and O–H groups in total. The van der Waals surface area contributed by atoms with Gasteiger partial charge in [-0.05, 0) is 23.1 Å². The monoisotopic (exact) mass is 212 g/mol. The summed E-state index contributed by atoms with van der Waals surface area (Å²) in [4.78, 5) is 0. The lowest BCUT2D eigenvalue weighted by atomic mass is 10.0. The Bertz CT molecular complexity index is 447. The van der Waals surface area contributed by atoms with Crippen LogP contribution in [0.15, 0.2) is 47.3 Å². The van der Waals surface area contributed by atoms with Gasteiger partial charge in [0.05, 0.1) is 12.5 Å². The Hall–Kier alpha value is -1.76. The Kier molecular flexibility index (Phi) is 3.25. The summed E-state index contributed by atoms with van der Waals surface area (Å²) in [5.74, 6) is 0.590. The van der Waals surface area contributed by atoms with Crippen LogP contribution in [0.3, 0.4) is 0 Å². The van der Waals surface area contributed by atoms with Crippen molar-refractivity contribution in [1.29, 1.82) is 0 Å². The molecule has 0 atom stereocenters. The van der Waals surface area contributed by atoms with Crippen LogP contribution in [0.25, 0.3) is 12.2 Å². The summed E-state index contributed by atoms with van der Waals surface area (Å²) >= 11 is 0. The van der Waals surface area contributed by atoms with Crippen LogP contribution in [0.4, 0.5) is 0 Å². The van der Waals surface area contributed by atoms with Crippen molar-refractivity contribution in [1.82, 2.24) is 0 Å². The van der Waals surface area contributed by atoms with Crippen LogP contribution in [0.1, 0.15) is 36.5 Å². The minimum atomic E-state index is 0.590. The lowest BCUT2D eigenvalue weighted by Crippen LogP contribution is -1.85. The SMILES string of the molecule is CC(C)c1ccc(/C=C/c2ccoc2)cc1. The summed E-state index contributed by atoms with van der Waals surface area (Å²) in [6.45, 7) is 4.41. The molecule has 1 aromatic carbocycles. The molecular weight excluding hydrogens is 196 g/mol. The van der Waals surface area contributed by atoms with E-state index in [1.165, 1.54) is 11.1 Å². The summed E-state index contributed by atoms with van der Waals surface area (Å²) in [6.07, 6.45) is 7.56. The zero-order valence-corrected chi connectivity index (χ0v) is 9.68. The van der Waals surface area contributed by atoms with Crippen molar-refractivity contribution in [2.24, 2.45) is 0 Å². The van der Waals surface area contributed by atoms with E-state index in [1.807, 2.05) is 12.1 Å². The van der Waals surface area contributed by atoms with Gasteiger partial charge in [-0.15, -0.1) is 0 Å². The number of furan rings is 1. The average Bonchev–Trinajstić information content (AvgIpc) is 2.80. The van der Waals surface area contributed by atoms with Gasteiger partial charge in [-0.2, -0.15) is 0 Å². The van der Waals surface area contributed by atoms with E-state index >= 15 is 0 Å². The molecule has 0 saturated carbocycles. The maximum Gasteiger partial charge on any atom is 0.0974 e. The molecule has 1 aromatic heterocycles. The van der Waals surface area contributed by atoms with Gasteiger partial charge in [0.2, 0.25) is 0 Å². The number of benzene rings is 1. The van der Waals surface area contributed by atoms with Crippen molar-refractivity contribution in [3.63, 3.8) is 0 Å².